The van der Waals surface area contributed by atoms with Crippen molar-refractivity contribution in [1.82, 2.24) is 4.90 Å². The van der Waals surface area contributed by atoms with Crippen LogP contribution in [0.25, 0.3) is 0 Å². The Bertz CT molecular complexity index is 139. The minimum Gasteiger partial charge on any atom is -0.326 e. The monoisotopic (exact) mass is 200 g/mol. The van der Waals surface area contributed by atoms with Crippen molar-refractivity contribution in [2.45, 2.75) is 64.5 Å². The van der Waals surface area contributed by atoms with Gasteiger partial charge in [0.2, 0.25) is 0 Å². The molecule has 0 aromatic heterocycles. The van der Waals surface area contributed by atoms with Crippen LogP contribution in [0.3, 0.4) is 0 Å². The van der Waals surface area contributed by atoms with Crippen LogP contribution < -0.4 is 5.73 Å². The van der Waals surface area contributed by atoms with Gasteiger partial charge in [-0.15, -0.1) is 0 Å². The van der Waals surface area contributed by atoms with E-state index in [1.54, 1.807) is 0 Å². The summed E-state index contributed by atoms with van der Waals surface area (Å²) >= 11 is 0. The molecule has 0 saturated heterocycles. The SMILES string of the molecule is CCCCC(N)C(CC)(CC)N(C)C. The number of hydrogen-bond donors (Lipinski definition) is 1. The van der Waals surface area contributed by atoms with E-state index in [9.17, 15) is 0 Å². The first kappa shape index (κ1) is 13.9. The van der Waals surface area contributed by atoms with Gasteiger partial charge in [-0.05, 0) is 33.4 Å². The van der Waals surface area contributed by atoms with Crippen molar-refractivity contribution in [3.63, 3.8) is 0 Å². The second-order valence-electron chi connectivity index (χ2n) is 4.45. The minimum atomic E-state index is 0.204. The van der Waals surface area contributed by atoms with Gasteiger partial charge in [0.25, 0.3) is 0 Å². The van der Waals surface area contributed by atoms with Crippen LogP contribution in [0.15, 0.2) is 0 Å². The van der Waals surface area contributed by atoms with Crippen molar-refractivity contribution in [2.24, 2.45) is 5.73 Å². The molecular weight excluding hydrogens is 172 g/mol. The van der Waals surface area contributed by atoms with Crippen LogP contribution in [0.1, 0.15) is 52.9 Å². The number of unbranched alkanes of at least 4 members (excludes halogenated alkanes) is 1. The van der Waals surface area contributed by atoms with Crippen LogP contribution in [0.4, 0.5) is 0 Å². The Morgan fingerprint density at radius 2 is 1.64 bits per heavy atom. The summed E-state index contributed by atoms with van der Waals surface area (Å²) < 4.78 is 0. The highest BCUT2D eigenvalue weighted by molar-refractivity contribution is 4.94. The third kappa shape index (κ3) is 2.96. The number of nitrogens with two attached hydrogens (primary N) is 1. The molecular formula is C12H28N2. The van der Waals surface area contributed by atoms with Crippen LogP contribution in [0.5, 0.6) is 0 Å². The molecule has 2 heteroatoms. The molecule has 2 N–H and O–H groups in total. The van der Waals surface area contributed by atoms with Crippen molar-refractivity contribution in [1.29, 1.82) is 0 Å². The predicted molar refractivity (Wildman–Crippen MR) is 64.5 cm³/mol. The first-order chi connectivity index (χ1) is 6.55. The second-order valence-corrected chi connectivity index (χ2v) is 4.45. The molecule has 0 aliphatic heterocycles. The van der Waals surface area contributed by atoms with E-state index in [1.165, 1.54) is 12.8 Å². The third-order valence-electron chi connectivity index (χ3n) is 3.67. The lowest BCUT2D eigenvalue weighted by Gasteiger charge is -2.43. The Kier molecular flexibility index (Phi) is 6.38. The van der Waals surface area contributed by atoms with Crippen molar-refractivity contribution in [3.8, 4) is 0 Å². The maximum Gasteiger partial charge on any atom is 0.0349 e. The van der Waals surface area contributed by atoms with Gasteiger partial charge in [-0.1, -0.05) is 33.6 Å². The summed E-state index contributed by atoms with van der Waals surface area (Å²) in [6, 6.07) is 0.312. The lowest BCUT2D eigenvalue weighted by Crippen LogP contribution is -2.56. The molecule has 0 fully saturated rings. The fraction of sp³-hybridized carbons (Fsp3) is 1.00. The summed E-state index contributed by atoms with van der Waals surface area (Å²) in [4.78, 5) is 2.31. The Morgan fingerprint density at radius 1 is 1.14 bits per heavy atom. The van der Waals surface area contributed by atoms with Crippen LogP contribution in [0.2, 0.25) is 0 Å². The predicted octanol–water partition coefficient (Wildman–Crippen LogP) is 2.62. The zero-order valence-electron chi connectivity index (χ0n) is 10.6. The summed E-state index contributed by atoms with van der Waals surface area (Å²) in [5, 5.41) is 0. The van der Waals surface area contributed by atoms with Gasteiger partial charge < -0.3 is 10.6 Å². The fourth-order valence-electron chi connectivity index (χ4n) is 2.43. The van der Waals surface area contributed by atoms with E-state index in [-0.39, 0.29) is 5.54 Å². The molecule has 0 heterocycles. The zero-order valence-corrected chi connectivity index (χ0v) is 10.6. The molecule has 0 aromatic carbocycles. The average molecular weight is 200 g/mol. The summed E-state index contributed by atoms with van der Waals surface area (Å²) in [6.07, 6.45) is 5.92. The fourth-order valence-corrected chi connectivity index (χ4v) is 2.43. The highest BCUT2D eigenvalue weighted by Gasteiger charge is 2.34. The van der Waals surface area contributed by atoms with E-state index in [0.717, 1.165) is 19.3 Å². The van der Waals surface area contributed by atoms with Gasteiger partial charge in [-0.3, -0.25) is 0 Å². The molecule has 14 heavy (non-hydrogen) atoms. The summed E-state index contributed by atoms with van der Waals surface area (Å²) in [7, 11) is 4.30. The minimum absolute atomic E-state index is 0.204. The topological polar surface area (TPSA) is 29.3 Å². The largest absolute Gasteiger partial charge is 0.326 e. The number of hydrogen-bond acceptors (Lipinski definition) is 2. The second kappa shape index (κ2) is 6.41. The number of rotatable bonds is 7. The van der Waals surface area contributed by atoms with E-state index < -0.39 is 0 Å². The van der Waals surface area contributed by atoms with E-state index in [2.05, 4.69) is 39.8 Å². The van der Waals surface area contributed by atoms with E-state index >= 15 is 0 Å². The number of nitrogens with zero attached hydrogens (tertiary/aromatic N) is 1. The highest BCUT2D eigenvalue weighted by atomic mass is 15.2. The molecule has 0 amide bonds. The molecule has 0 radical (unpaired) electrons. The van der Waals surface area contributed by atoms with E-state index in [4.69, 9.17) is 5.73 Å². The van der Waals surface area contributed by atoms with Crippen LogP contribution in [0, 0.1) is 0 Å². The Morgan fingerprint density at radius 3 is 1.93 bits per heavy atom. The van der Waals surface area contributed by atoms with E-state index in [0.29, 0.717) is 6.04 Å². The van der Waals surface area contributed by atoms with Crippen LogP contribution >= 0.6 is 0 Å². The average Bonchev–Trinajstić information content (AvgIpc) is 2.17. The van der Waals surface area contributed by atoms with Crippen molar-refractivity contribution in [2.75, 3.05) is 14.1 Å². The quantitative estimate of drug-likeness (QED) is 0.684. The molecule has 0 saturated carbocycles. The van der Waals surface area contributed by atoms with Crippen molar-refractivity contribution in [3.05, 3.63) is 0 Å². The van der Waals surface area contributed by atoms with Crippen molar-refractivity contribution >= 4 is 0 Å². The molecule has 0 rings (SSSR count). The summed E-state index contributed by atoms with van der Waals surface area (Å²) in [5.74, 6) is 0. The molecule has 1 unspecified atom stereocenters. The van der Waals surface area contributed by atoms with Crippen LogP contribution in [-0.4, -0.2) is 30.6 Å². The standard InChI is InChI=1S/C12H28N2/c1-6-9-10-11(13)12(7-2,8-3)14(4)5/h11H,6-10,13H2,1-5H3. The van der Waals surface area contributed by atoms with E-state index in [1.807, 2.05) is 0 Å². The van der Waals surface area contributed by atoms with Crippen LogP contribution in [-0.2, 0) is 0 Å². The van der Waals surface area contributed by atoms with Gasteiger partial charge in [0, 0.05) is 11.6 Å². The molecule has 0 spiro atoms. The van der Waals surface area contributed by atoms with Crippen molar-refractivity contribution < 1.29 is 0 Å². The molecule has 0 aliphatic rings. The molecule has 0 aromatic rings. The lowest BCUT2D eigenvalue weighted by atomic mass is 9.81. The molecule has 2 nitrogen and oxygen atoms in total. The molecule has 86 valence electrons. The highest BCUT2D eigenvalue weighted by Crippen LogP contribution is 2.27. The Balaban J connectivity index is 4.45. The Hall–Kier alpha value is -0.0800. The molecule has 0 aliphatic carbocycles. The van der Waals surface area contributed by atoms with Gasteiger partial charge in [0.1, 0.15) is 0 Å². The molecule has 1 atom stereocenters. The zero-order chi connectivity index (χ0) is 11.2. The number of likely N-dealkylation sites (N-methyl/N-ethyl adjacent to an activating group) is 1. The maximum absolute atomic E-state index is 6.32. The Labute approximate surface area is 89.9 Å². The lowest BCUT2D eigenvalue weighted by molar-refractivity contribution is 0.101. The van der Waals surface area contributed by atoms with Gasteiger partial charge >= 0.3 is 0 Å². The summed E-state index contributed by atoms with van der Waals surface area (Å²) in [6.45, 7) is 6.71. The normalized spacial score (nSPS) is 14.8. The summed E-state index contributed by atoms with van der Waals surface area (Å²) in [5.41, 5.74) is 6.52. The van der Waals surface area contributed by atoms with Gasteiger partial charge in [0.05, 0.1) is 0 Å². The third-order valence-corrected chi connectivity index (χ3v) is 3.67. The van der Waals surface area contributed by atoms with Gasteiger partial charge in [-0.2, -0.15) is 0 Å². The molecule has 0 bridgehead atoms. The first-order valence-corrected chi connectivity index (χ1v) is 5.98. The van der Waals surface area contributed by atoms with Gasteiger partial charge in [-0.25, -0.2) is 0 Å². The first-order valence-electron chi connectivity index (χ1n) is 5.98. The van der Waals surface area contributed by atoms with Gasteiger partial charge in [0.15, 0.2) is 0 Å². The smallest absolute Gasteiger partial charge is 0.0349 e. The maximum atomic E-state index is 6.32.